The van der Waals surface area contributed by atoms with Crippen LogP contribution >= 0.6 is 0 Å². The molecule has 398 valence electrons. The predicted octanol–water partition coefficient (Wildman–Crippen LogP) is 16.7. The molecule has 16 rings (SSSR count). The molecule has 8 bridgehead atoms. The van der Waals surface area contributed by atoms with Gasteiger partial charge in [-0.05, 0) is 245 Å². The SMILES string of the molecule is C(#Cc1ccc(C#CC23CC4CC(C#Cc5ccc(C#Cc6ccccc6)cc5)(C2)CC(C25CC6CC(C#Cc7ccc(C#Cc8ccccc8)cc7)(CC(C#Cc7ccc(C#Cc8ccccc8)cc7)(C6)C2)C5)(C4)C3)cc1)c1ccccc1. The molecule has 8 aromatic carbocycles. The average molecular weight is 1070 g/mol. The Morgan fingerprint density at radius 2 is 0.369 bits per heavy atom. The summed E-state index contributed by atoms with van der Waals surface area (Å²) in [5.41, 5.74) is 11.7. The smallest absolute Gasteiger partial charge is 0.0341 e. The van der Waals surface area contributed by atoms with Crippen molar-refractivity contribution in [2.75, 3.05) is 0 Å². The molecule has 0 amide bonds. The Bertz CT molecular complexity index is 3780. The van der Waals surface area contributed by atoms with Crippen molar-refractivity contribution in [1.29, 1.82) is 0 Å². The zero-order valence-electron chi connectivity index (χ0n) is 47.4. The first-order valence-electron chi connectivity index (χ1n) is 30.0. The van der Waals surface area contributed by atoms with E-state index in [1.165, 1.54) is 12.8 Å². The van der Waals surface area contributed by atoms with Gasteiger partial charge in [-0.3, -0.25) is 0 Å². The van der Waals surface area contributed by atoms with Crippen molar-refractivity contribution >= 4 is 0 Å². The van der Waals surface area contributed by atoms with Gasteiger partial charge < -0.3 is 0 Å². The maximum absolute atomic E-state index is 4.15. The second-order valence-electron chi connectivity index (χ2n) is 25.5. The highest BCUT2D eigenvalue weighted by Crippen LogP contribution is 2.82. The monoisotopic (exact) mass is 1070 g/mol. The zero-order chi connectivity index (χ0) is 56.3. The lowest BCUT2D eigenvalue weighted by molar-refractivity contribution is -0.241. The highest BCUT2D eigenvalue weighted by molar-refractivity contribution is 5.52. The van der Waals surface area contributed by atoms with E-state index in [0.29, 0.717) is 11.8 Å². The summed E-state index contributed by atoms with van der Waals surface area (Å²) in [6.07, 6.45) is 13.5. The molecule has 8 saturated carbocycles. The van der Waals surface area contributed by atoms with Gasteiger partial charge >= 0.3 is 0 Å². The molecule has 0 nitrogen and oxygen atoms in total. The largest absolute Gasteiger partial charge is 0.0910 e. The van der Waals surface area contributed by atoms with E-state index < -0.39 is 0 Å². The maximum atomic E-state index is 4.15. The van der Waals surface area contributed by atoms with E-state index in [0.717, 1.165) is 131 Å². The molecule has 0 heteroatoms. The normalized spacial score (nSPS) is 26.5. The minimum Gasteiger partial charge on any atom is -0.0910 e. The summed E-state index contributed by atoms with van der Waals surface area (Å²) in [6.45, 7) is 0. The van der Waals surface area contributed by atoms with E-state index in [2.05, 4.69) is 240 Å². The molecule has 8 aliphatic carbocycles. The number of hydrogen-bond donors (Lipinski definition) is 0. The molecule has 0 heterocycles. The summed E-state index contributed by atoms with van der Waals surface area (Å²) in [7, 11) is 0. The molecular formula is C84H62. The van der Waals surface area contributed by atoms with Gasteiger partial charge in [-0.15, -0.1) is 0 Å². The standard InChI is InChI=1S/C84H62/c1-5-13-65(14-6-1)21-25-69-29-37-73(38-30-69)45-49-79-53-77-54-80(59-79,50-46-74-39-31-70(32-40-74)26-22-66-15-7-2-8-16-66)62-83(57-77,61-79)84-58-78-55-81(63-84,51-47-75-41-33-71(34-42-75)27-23-67-17-9-3-10-18-67)60-82(56-78,64-84)52-48-76-43-35-72(36-44-76)28-24-68-19-11-4-12-20-68/h1-20,29-44,77-78H,53-64H2. The van der Waals surface area contributed by atoms with Crippen molar-refractivity contribution in [3.05, 3.63) is 285 Å². The van der Waals surface area contributed by atoms with Crippen LogP contribution in [0.1, 0.15) is 144 Å². The zero-order valence-corrected chi connectivity index (χ0v) is 47.4. The van der Waals surface area contributed by atoms with Crippen molar-refractivity contribution in [2.24, 2.45) is 44.3 Å². The van der Waals surface area contributed by atoms with Crippen LogP contribution in [0, 0.1) is 139 Å². The van der Waals surface area contributed by atoms with Crippen LogP contribution in [-0.4, -0.2) is 0 Å². The fraction of sp³-hybridized carbons (Fsp3) is 0.238. The van der Waals surface area contributed by atoms with Crippen molar-refractivity contribution in [3.8, 4) is 94.7 Å². The summed E-state index contributed by atoms with van der Waals surface area (Å²) < 4.78 is 0. The molecule has 0 aliphatic heterocycles. The molecule has 0 N–H and O–H groups in total. The van der Waals surface area contributed by atoms with Crippen LogP contribution in [0.3, 0.4) is 0 Å². The van der Waals surface area contributed by atoms with Gasteiger partial charge in [0, 0.05) is 88.4 Å². The van der Waals surface area contributed by atoms with E-state index in [-0.39, 0.29) is 32.5 Å². The number of rotatable bonds is 1. The Morgan fingerprint density at radius 1 is 0.190 bits per heavy atom. The molecule has 0 radical (unpaired) electrons. The van der Waals surface area contributed by atoms with Gasteiger partial charge in [0.1, 0.15) is 0 Å². The first kappa shape index (κ1) is 52.3. The fourth-order valence-electron chi connectivity index (χ4n) is 16.6. The summed E-state index contributed by atoms with van der Waals surface area (Å²) in [5.74, 6) is 59.8. The lowest BCUT2D eigenvalue weighted by Crippen LogP contribution is -2.67. The van der Waals surface area contributed by atoms with E-state index in [1.54, 1.807) is 0 Å². The third kappa shape index (κ3) is 11.2. The minimum atomic E-state index is -0.159. The van der Waals surface area contributed by atoms with Gasteiger partial charge in [0.05, 0.1) is 0 Å². The molecule has 4 atom stereocenters. The average Bonchev–Trinajstić information content (AvgIpc) is 0.719. The molecule has 8 aliphatic rings. The Kier molecular flexibility index (Phi) is 13.6. The molecular weight excluding hydrogens is 1010 g/mol. The Balaban J connectivity index is 0.834. The molecule has 0 spiro atoms. The van der Waals surface area contributed by atoms with Crippen molar-refractivity contribution in [3.63, 3.8) is 0 Å². The van der Waals surface area contributed by atoms with Crippen molar-refractivity contribution in [1.82, 2.24) is 0 Å². The van der Waals surface area contributed by atoms with E-state index >= 15 is 0 Å². The van der Waals surface area contributed by atoms with E-state index in [9.17, 15) is 0 Å². The van der Waals surface area contributed by atoms with Crippen molar-refractivity contribution < 1.29 is 0 Å². The quantitative estimate of drug-likeness (QED) is 0.144. The molecule has 0 saturated heterocycles. The third-order valence-corrected chi connectivity index (χ3v) is 19.2. The fourth-order valence-corrected chi connectivity index (χ4v) is 16.6. The molecule has 8 fully saturated rings. The van der Waals surface area contributed by atoms with Gasteiger partial charge in [-0.25, -0.2) is 0 Å². The van der Waals surface area contributed by atoms with Crippen LogP contribution in [0.2, 0.25) is 0 Å². The van der Waals surface area contributed by atoms with Gasteiger partial charge in [-0.2, -0.15) is 0 Å². The summed E-state index contributed by atoms with van der Waals surface area (Å²) >= 11 is 0. The predicted molar refractivity (Wildman–Crippen MR) is 340 cm³/mol. The lowest BCUT2D eigenvalue weighted by atomic mass is 9.28. The number of benzene rings is 8. The second-order valence-corrected chi connectivity index (χ2v) is 25.5. The van der Waals surface area contributed by atoms with E-state index in [1.807, 2.05) is 72.8 Å². The van der Waals surface area contributed by atoms with Gasteiger partial charge in [-0.1, -0.05) is 168 Å². The Labute approximate surface area is 498 Å². The minimum absolute atomic E-state index is 0.0427. The lowest BCUT2D eigenvalue weighted by Gasteiger charge is -2.75. The molecule has 0 aromatic heterocycles. The Hall–Kier alpha value is -9.76. The van der Waals surface area contributed by atoms with Gasteiger partial charge in [0.15, 0.2) is 0 Å². The van der Waals surface area contributed by atoms with Crippen LogP contribution in [0.15, 0.2) is 218 Å². The third-order valence-electron chi connectivity index (χ3n) is 19.2. The molecule has 84 heavy (non-hydrogen) atoms. The van der Waals surface area contributed by atoms with Gasteiger partial charge in [0.25, 0.3) is 0 Å². The highest BCUT2D eigenvalue weighted by atomic mass is 14.8. The molecule has 4 unspecified atom stereocenters. The maximum Gasteiger partial charge on any atom is 0.0341 e. The topological polar surface area (TPSA) is 0 Å². The first-order valence-corrected chi connectivity index (χ1v) is 30.0. The summed E-state index contributed by atoms with van der Waals surface area (Å²) in [4.78, 5) is 0. The van der Waals surface area contributed by atoms with Crippen LogP contribution in [-0.2, 0) is 0 Å². The summed E-state index contributed by atoms with van der Waals surface area (Å²) in [5, 5.41) is 0. The summed E-state index contributed by atoms with van der Waals surface area (Å²) in [6, 6.07) is 75.2. The van der Waals surface area contributed by atoms with E-state index in [4.69, 9.17) is 0 Å². The number of hydrogen-bond acceptors (Lipinski definition) is 0. The molecule has 8 aromatic rings. The first-order chi connectivity index (χ1) is 41.2. The van der Waals surface area contributed by atoms with Crippen LogP contribution in [0.4, 0.5) is 0 Å². The van der Waals surface area contributed by atoms with Crippen LogP contribution in [0.5, 0.6) is 0 Å². The van der Waals surface area contributed by atoms with Gasteiger partial charge in [0.2, 0.25) is 0 Å². The van der Waals surface area contributed by atoms with Crippen molar-refractivity contribution in [2.45, 2.75) is 77.0 Å². The van der Waals surface area contributed by atoms with Crippen LogP contribution < -0.4 is 0 Å². The Morgan fingerprint density at radius 3 is 0.571 bits per heavy atom. The second kappa shape index (κ2) is 21.9. The van der Waals surface area contributed by atoms with Crippen LogP contribution in [0.25, 0.3) is 0 Å². The highest BCUT2D eigenvalue weighted by Gasteiger charge is 2.74.